The van der Waals surface area contributed by atoms with Crippen LogP contribution >= 0.6 is 0 Å². The minimum absolute atomic E-state index is 0.359. The van der Waals surface area contributed by atoms with E-state index < -0.39 is 21.7 Å². The van der Waals surface area contributed by atoms with Crippen LogP contribution in [0.25, 0.3) is 16.7 Å². The summed E-state index contributed by atoms with van der Waals surface area (Å²) in [5, 5.41) is 8.26. The number of sulfonamides is 1. The predicted molar refractivity (Wildman–Crippen MR) is 107 cm³/mol. The van der Waals surface area contributed by atoms with Gasteiger partial charge in [-0.1, -0.05) is 17.3 Å². The number of rotatable bonds is 5. The molecule has 0 spiro atoms. The smallest absolute Gasteiger partial charge is 0.421 e. The van der Waals surface area contributed by atoms with E-state index in [9.17, 15) is 13.2 Å². The second kappa shape index (κ2) is 7.70. The van der Waals surface area contributed by atoms with Crippen molar-refractivity contribution in [3.8, 4) is 11.4 Å². The molecule has 3 rings (SSSR count). The molecule has 3 aromatic rings. The summed E-state index contributed by atoms with van der Waals surface area (Å²) in [5.41, 5.74) is 1.91. The van der Waals surface area contributed by atoms with Crippen molar-refractivity contribution in [2.45, 2.75) is 32.1 Å². The molecule has 0 radical (unpaired) electrons. The van der Waals surface area contributed by atoms with E-state index in [2.05, 4.69) is 10.3 Å². The second-order valence-electron chi connectivity index (χ2n) is 7.39. The van der Waals surface area contributed by atoms with Gasteiger partial charge < -0.3 is 9.47 Å². The van der Waals surface area contributed by atoms with Crippen LogP contribution in [0, 0.1) is 0 Å². The Kier molecular flexibility index (Phi) is 5.47. The number of fused-ring (bicyclic) bond motifs is 1. The van der Waals surface area contributed by atoms with Crippen LogP contribution in [-0.4, -0.2) is 42.2 Å². The van der Waals surface area contributed by atoms with Gasteiger partial charge in [0, 0.05) is 6.07 Å². The van der Waals surface area contributed by atoms with E-state index in [1.165, 1.54) is 0 Å². The molecule has 1 aromatic heterocycles. The Morgan fingerprint density at radius 2 is 1.83 bits per heavy atom. The molecule has 9 nitrogen and oxygen atoms in total. The Hall–Kier alpha value is -3.14. The summed E-state index contributed by atoms with van der Waals surface area (Å²) >= 11 is 0. The van der Waals surface area contributed by atoms with E-state index in [4.69, 9.17) is 9.47 Å². The van der Waals surface area contributed by atoms with Gasteiger partial charge in [-0.25, -0.2) is 22.6 Å². The maximum Gasteiger partial charge on any atom is 0.421 e. The Bertz CT molecular complexity index is 1130. The van der Waals surface area contributed by atoms with Crippen LogP contribution in [0.3, 0.4) is 0 Å². The molecule has 0 fully saturated rings. The highest BCUT2D eigenvalue weighted by Crippen LogP contribution is 2.21. The van der Waals surface area contributed by atoms with Gasteiger partial charge in [-0.2, -0.15) is 0 Å². The lowest BCUT2D eigenvalue weighted by atomic mass is 10.2. The van der Waals surface area contributed by atoms with Crippen LogP contribution in [0.4, 0.5) is 4.79 Å². The Balaban J connectivity index is 1.74. The van der Waals surface area contributed by atoms with Crippen LogP contribution in [-0.2, 0) is 20.5 Å². The third-order valence-corrected chi connectivity index (χ3v) is 5.02. The minimum Gasteiger partial charge on any atom is -0.497 e. The SMILES string of the molecule is COc1ccc2c(c1)nnn2-c1ccc(CS(=O)(=O)NC(=O)OC(C)(C)C)cc1. The number of amides is 1. The Labute approximate surface area is 168 Å². The molecule has 1 amide bonds. The highest BCUT2D eigenvalue weighted by Gasteiger charge is 2.21. The number of methoxy groups -OCH3 is 1. The summed E-state index contributed by atoms with van der Waals surface area (Å²) in [7, 11) is -2.31. The molecule has 1 N–H and O–H groups in total. The standard InChI is InChI=1S/C19H22N4O5S/c1-19(2,3)28-18(24)21-29(25,26)12-13-5-7-14(8-6-13)23-17-10-9-15(27-4)11-16(17)20-22-23/h5-11H,12H2,1-4H3,(H,21,24). The highest BCUT2D eigenvalue weighted by molar-refractivity contribution is 7.89. The molecule has 10 heteroatoms. The maximum atomic E-state index is 12.2. The van der Waals surface area contributed by atoms with Gasteiger partial charge >= 0.3 is 6.09 Å². The van der Waals surface area contributed by atoms with E-state index in [-0.39, 0.29) is 5.75 Å². The number of aromatic nitrogens is 3. The third-order valence-electron chi connectivity index (χ3n) is 3.83. The predicted octanol–water partition coefficient (Wildman–Crippen LogP) is 2.78. The van der Waals surface area contributed by atoms with E-state index in [1.807, 2.05) is 16.9 Å². The number of carbonyl (C=O) groups excluding carboxylic acids is 1. The molecule has 0 unspecified atom stereocenters. The average molecular weight is 418 g/mol. The quantitative estimate of drug-likeness (QED) is 0.678. The van der Waals surface area contributed by atoms with Gasteiger partial charge in [-0.05, 0) is 50.6 Å². The average Bonchev–Trinajstić information content (AvgIpc) is 3.02. The zero-order chi connectivity index (χ0) is 21.2. The van der Waals surface area contributed by atoms with Gasteiger partial charge in [0.15, 0.2) is 0 Å². The van der Waals surface area contributed by atoms with Gasteiger partial charge in [-0.3, -0.25) is 0 Å². The van der Waals surface area contributed by atoms with Crippen LogP contribution in [0.2, 0.25) is 0 Å². The summed E-state index contributed by atoms with van der Waals surface area (Å²) in [4.78, 5) is 11.7. The van der Waals surface area contributed by atoms with E-state index in [0.717, 1.165) is 11.2 Å². The number of nitrogens with one attached hydrogen (secondary N) is 1. The lowest BCUT2D eigenvalue weighted by Crippen LogP contribution is -2.36. The summed E-state index contributed by atoms with van der Waals surface area (Å²) in [6, 6.07) is 12.2. The van der Waals surface area contributed by atoms with Crippen molar-refractivity contribution in [2.75, 3.05) is 7.11 Å². The van der Waals surface area contributed by atoms with Crippen molar-refractivity contribution in [3.05, 3.63) is 48.0 Å². The first-order valence-corrected chi connectivity index (χ1v) is 10.4. The van der Waals surface area contributed by atoms with E-state index >= 15 is 0 Å². The lowest BCUT2D eigenvalue weighted by Gasteiger charge is -2.19. The number of benzene rings is 2. The van der Waals surface area contributed by atoms with Crippen molar-refractivity contribution in [2.24, 2.45) is 0 Å². The second-order valence-corrected chi connectivity index (χ2v) is 9.11. The van der Waals surface area contributed by atoms with Gasteiger partial charge in [0.2, 0.25) is 10.0 Å². The maximum absolute atomic E-state index is 12.2. The van der Waals surface area contributed by atoms with Gasteiger partial charge in [0.25, 0.3) is 0 Å². The fourth-order valence-electron chi connectivity index (χ4n) is 2.64. The van der Waals surface area contributed by atoms with Crippen molar-refractivity contribution >= 4 is 27.1 Å². The summed E-state index contributed by atoms with van der Waals surface area (Å²) in [6.45, 7) is 4.96. The van der Waals surface area contributed by atoms with Crippen LogP contribution in [0.15, 0.2) is 42.5 Å². The molecule has 0 saturated carbocycles. The third kappa shape index (κ3) is 5.23. The van der Waals surface area contributed by atoms with Crippen molar-refractivity contribution < 1.29 is 22.7 Å². The van der Waals surface area contributed by atoms with E-state index in [1.54, 1.807) is 62.9 Å². The fraction of sp³-hybridized carbons (Fsp3) is 0.316. The topological polar surface area (TPSA) is 112 Å². The highest BCUT2D eigenvalue weighted by atomic mass is 32.2. The summed E-state index contributed by atoms with van der Waals surface area (Å²) in [6.07, 6.45) is -1.00. The van der Waals surface area contributed by atoms with Crippen molar-refractivity contribution in [1.29, 1.82) is 0 Å². The first kappa shape index (κ1) is 20.6. The minimum atomic E-state index is -3.89. The van der Waals surface area contributed by atoms with Gasteiger partial charge in [0.05, 0.1) is 24.1 Å². The first-order valence-electron chi connectivity index (χ1n) is 8.78. The van der Waals surface area contributed by atoms with Crippen LogP contribution in [0.1, 0.15) is 26.3 Å². The van der Waals surface area contributed by atoms with Gasteiger partial charge in [-0.15, -0.1) is 5.10 Å². The molecule has 0 aliphatic heterocycles. The fourth-order valence-corrected chi connectivity index (χ4v) is 3.64. The molecule has 0 atom stereocenters. The van der Waals surface area contributed by atoms with Crippen molar-refractivity contribution in [3.63, 3.8) is 0 Å². The first-order chi connectivity index (χ1) is 13.6. The van der Waals surface area contributed by atoms with Crippen LogP contribution in [0.5, 0.6) is 5.75 Å². The molecule has 154 valence electrons. The summed E-state index contributed by atoms with van der Waals surface area (Å²) in [5.74, 6) is 0.324. The molecule has 0 aliphatic rings. The number of ether oxygens (including phenoxy) is 2. The summed E-state index contributed by atoms with van der Waals surface area (Å²) < 4.78 is 38.1. The number of nitrogens with zero attached hydrogens (tertiary/aromatic N) is 3. The monoisotopic (exact) mass is 418 g/mol. The molecule has 0 aliphatic carbocycles. The molecule has 0 saturated heterocycles. The number of carbonyl (C=O) groups is 1. The van der Waals surface area contributed by atoms with Crippen LogP contribution < -0.4 is 9.46 Å². The molecule has 1 heterocycles. The zero-order valence-electron chi connectivity index (χ0n) is 16.5. The lowest BCUT2D eigenvalue weighted by molar-refractivity contribution is 0.0570. The molecule has 29 heavy (non-hydrogen) atoms. The number of hydrogen-bond donors (Lipinski definition) is 1. The molecule has 2 aromatic carbocycles. The van der Waals surface area contributed by atoms with Crippen molar-refractivity contribution in [1.82, 2.24) is 19.7 Å². The normalized spacial score (nSPS) is 12.0. The zero-order valence-corrected chi connectivity index (χ0v) is 17.4. The Morgan fingerprint density at radius 3 is 2.45 bits per heavy atom. The largest absolute Gasteiger partial charge is 0.497 e. The number of hydrogen-bond acceptors (Lipinski definition) is 7. The van der Waals surface area contributed by atoms with E-state index in [0.29, 0.717) is 16.8 Å². The molecular weight excluding hydrogens is 396 g/mol. The molecular formula is C19H22N4O5S. The Morgan fingerprint density at radius 1 is 1.14 bits per heavy atom. The van der Waals surface area contributed by atoms with Gasteiger partial charge in [0.1, 0.15) is 16.9 Å². The molecule has 0 bridgehead atoms.